The van der Waals surface area contributed by atoms with E-state index in [2.05, 4.69) is 53.5 Å². The molecule has 3 rings (SSSR count). The third-order valence-corrected chi connectivity index (χ3v) is 4.28. The van der Waals surface area contributed by atoms with Crippen LogP contribution in [0.5, 0.6) is 0 Å². The normalized spacial score (nSPS) is 12.7. The van der Waals surface area contributed by atoms with Crippen LogP contribution in [0.25, 0.3) is 28.0 Å². The van der Waals surface area contributed by atoms with Crippen molar-refractivity contribution in [2.24, 2.45) is 0 Å². The van der Waals surface area contributed by atoms with E-state index in [1.54, 1.807) is 12.3 Å². The van der Waals surface area contributed by atoms with Gasteiger partial charge >= 0.3 is 0 Å². The molecule has 0 fully saturated rings. The van der Waals surface area contributed by atoms with Crippen LogP contribution in [-0.2, 0) is 0 Å². The lowest BCUT2D eigenvalue weighted by atomic mass is 10.0. The first kappa shape index (κ1) is 17.2. The zero-order valence-corrected chi connectivity index (χ0v) is 14.4. The van der Waals surface area contributed by atoms with Crippen LogP contribution in [-0.4, -0.2) is 16.2 Å². The number of rotatable bonds is 6. The van der Waals surface area contributed by atoms with Crippen molar-refractivity contribution in [2.75, 3.05) is 0 Å². The van der Waals surface area contributed by atoms with Crippen LogP contribution in [0.3, 0.4) is 0 Å². The molecule has 0 spiro atoms. The van der Waals surface area contributed by atoms with Crippen LogP contribution in [0.4, 0.5) is 0 Å². The van der Waals surface area contributed by atoms with Gasteiger partial charge in [0.05, 0.1) is 6.10 Å². The molecule has 1 heterocycles. The molecule has 2 aromatic carbocycles. The van der Waals surface area contributed by atoms with Gasteiger partial charge < -0.3 is 10.1 Å². The fourth-order valence-corrected chi connectivity index (χ4v) is 2.89. The van der Waals surface area contributed by atoms with Gasteiger partial charge in [-0.3, -0.25) is 4.79 Å². The SMILES string of the molecule is CC(O)CCC/C=C/c1ccc2cc(-c3ccc(=O)[nH]c3)ccc2c1. The minimum absolute atomic E-state index is 0.0885. The number of H-pyrrole nitrogens is 1. The van der Waals surface area contributed by atoms with E-state index in [9.17, 15) is 9.90 Å². The van der Waals surface area contributed by atoms with Gasteiger partial charge in [0.15, 0.2) is 0 Å². The number of pyridine rings is 1. The number of benzene rings is 2. The number of unbranched alkanes of at least 4 members (excludes halogenated alkanes) is 1. The molecule has 1 aromatic heterocycles. The summed E-state index contributed by atoms with van der Waals surface area (Å²) in [4.78, 5) is 13.9. The Morgan fingerprint density at radius 3 is 2.56 bits per heavy atom. The summed E-state index contributed by atoms with van der Waals surface area (Å²) in [5, 5.41) is 11.6. The molecule has 0 aliphatic heterocycles. The Kier molecular flexibility index (Phi) is 5.46. The Bertz CT molecular complexity index is 918. The maximum Gasteiger partial charge on any atom is 0.247 e. The van der Waals surface area contributed by atoms with Gasteiger partial charge in [0, 0.05) is 12.3 Å². The summed E-state index contributed by atoms with van der Waals surface area (Å²) in [6.45, 7) is 1.83. The van der Waals surface area contributed by atoms with Crippen LogP contribution in [0.1, 0.15) is 31.7 Å². The van der Waals surface area contributed by atoms with E-state index in [4.69, 9.17) is 0 Å². The predicted octanol–water partition coefficient (Wildman–Crippen LogP) is 4.76. The maximum absolute atomic E-state index is 11.2. The Morgan fingerprint density at radius 2 is 1.80 bits per heavy atom. The number of hydrogen-bond donors (Lipinski definition) is 2. The number of nitrogens with one attached hydrogen (secondary N) is 1. The van der Waals surface area contributed by atoms with Gasteiger partial charge in [-0.25, -0.2) is 0 Å². The number of allylic oxidation sites excluding steroid dienone is 1. The number of aliphatic hydroxyl groups excluding tert-OH is 1. The molecular weight excluding hydrogens is 310 g/mol. The fraction of sp³-hybridized carbons (Fsp3) is 0.227. The first-order chi connectivity index (χ1) is 12.1. The van der Waals surface area contributed by atoms with E-state index in [-0.39, 0.29) is 11.7 Å². The lowest BCUT2D eigenvalue weighted by Crippen LogP contribution is -2.01. The van der Waals surface area contributed by atoms with Crippen molar-refractivity contribution in [1.29, 1.82) is 0 Å². The predicted molar refractivity (Wildman–Crippen MR) is 105 cm³/mol. The molecule has 0 aliphatic carbocycles. The lowest BCUT2D eigenvalue weighted by molar-refractivity contribution is 0.182. The van der Waals surface area contributed by atoms with E-state index in [1.807, 2.05) is 13.0 Å². The van der Waals surface area contributed by atoms with Gasteiger partial charge in [-0.1, -0.05) is 36.4 Å². The summed E-state index contributed by atoms with van der Waals surface area (Å²) < 4.78 is 0. The lowest BCUT2D eigenvalue weighted by Gasteiger charge is -2.05. The Morgan fingerprint density at radius 1 is 1.04 bits per heavy atom. The van der Waals surface area contributed by atoms with E-state index < -0.39 is 0 Å². The van der Waals surface area contributed by atoms with Crippen molar-refractivity contribution in [2.45, 2.75) is 32.3 Å². The van der Waals surface area contributed by atoms with Gasteiger partial charge in [0.2, 0.25) is 5.56 Å². The number of aromatic amines is 1. The molecular formula is C22H23NO2. The van der Waals surface area contributed by atoms with Gasteiger partial charge in [0.25, 0.3) is 0 Å². The molecule has 0 aliphatic rings. The van der Waals surface area contributed by atoms with Gasteiger partial charge in [-0.2, -0.15) is 0 Å². The van der Waals surface area contributed by atoms with Gasteiger partial charge in [-0.05, 0) is 71.8 Å². The molecule has 3 nitrogen and oxygen atoms in total. The molecule has 0 saturated heterocycles. The van der Waals surface area contributed by atoms with Crippen molar-refractivity contribution in [3.8, 4) is 11.1 Å². The summed E-state index contributed by atoms with van der Waals surface area (Å²) in [6.07, 6.45) is 8.66. The largest absolute Gasteiger partial charge is 0.393 e. The molecule has 0 saturated carbocycles. The highest BCUT2D eigenvalue weighted by atomic mass is 16.3. The Hall–Kier alpha value is -2.65. The molecule has 25 heavy (non-hydrogen) atoms. The number of hydrogen-bond acceptors (Lipinski definition) is 2. The molecule has 128 valence electrons. The molecule has 1 unspecified atom stereocenters. The van der Waals surface area contributed by atoms with Gasteiger partial charge in [0.1, 0.15) is 0 Å². The van der Waals surface area contributed by atoms with Crippen molar-refractivity contribution < 1.29 is 5.11 Å². The van der Waals surface area contributed by atoms with E-state index in [0.29, 0.717) is 0 Å². The standard InChI is InChI=1S/C22H23NO2/c1-16(24)5-3-2-4-6-17-7-8-19-14-20(10-9-18(19)13-17)21-11-12-22(25)23-15-21/h4,6-16,24H,2-3,5H2,1H3,(H,23,25)/b6-4+. The molecule has 2 N–H and O–H groups in total. The second kappa shape index (κ2) is 7.95. The third-order valence-electron chi connectivity index (χ3n) is 4.28. The average Bonchev–Trinajstić information content (AvgIpc) is 2.61. The van der Waals surface area contributed by atoms with Crippen LogP contribution in [0.2, 0.25) is 0 Å². The molecule has 0 bridgehead atoms. The van der Waals surface area contributed by atoms with Crippen molar-refractivity contribution in [1.82, 2.24) is 4.98 Å². The second-order valence-corrected chi connectivity index (χ2v) is 6.45. The highest BCUT2D eigenvalue weighted by Crippen LogP contribution is 2.24. The first-order valence-corrected chi connectivity index (χ1v) is 8.69. The van der Waals surface area contributed by atoms with Crippen molar-refractivity contribution in [3.05, 3.63) is 76.7 Å². The summed E-state index contributed by atoms with van der Waals surface area (Å²) in [7, 11) is 0. The summed E-state index contributed by atoms with van der Waals surface area (Å²) >= 11 is 0. The molecule has 0 amide bonds. The monoisotopic (exact) mass is 333 g/mol. The summed E-state index contributed by atoms with van der Waals surface area (Å²) in [5.41, 5.74) is 3.18. The minimum atomic E-state index is -0.217. The topological polar surface area (TPSA) is 53.1 Å². The highest BCUT2D eigenvalue weighted by molar-refractivity contribution is 5.88. The van der Waals surface area contributed by atoms with Crippen LogP contribution >= 0.6 is 0 Å². The Labute approximate surface area is 147 Å². The van der Waals surface area contributed by atoms with E-state index in [1.165, 1.54) is 16.3 Å². The van der Waals surface area contributed by atoms with E-state index in [0.717, 1.165) is 30.4 Å². The number of aliphatic hydroxyl groups is 1. The first-order valence-electron chi connectivity index (χ1n) is 8.69. The van der Waals surface area contributed by atoms with Crippen molar-refractivity contribution in [3.63, 3.8) is 0 Å². The summed E-state index contributed by atoms with van der Waals surface area (Å²) in [5.74, 6) is 0. The zero-order valence-electron chi connectivity index (χ0n) is 14.4. The summed E-state index contributed by atoms with van der Waals surface area (Å²) in [6, 6.07) is 16.1. The molecule has 0 radical (unpaired) electrons. The number of aromatic nitrogens is 1. The highest BCUT2D eigenvalue weighted by Gasteiger charge is 2.01. The Balaban J connectivity index is 1.75. The van der Waals surface area contributed by atoms with Crippen LogP contribution in [0, 0.1) is 0 Å². The van der Waals surface area contributed by atoms with Crippen LogP contribution in [0.15, 0.2) is 65.6 Å². The minimum Gasteiger partial charge on any atom is -0.393 e. The second-order valence-electron chi connectivity index (χ2n) is 6.45. The smallest absolute Gasteiger partial charge is 0.247 e. The zero-order chi connectivity index (χ0) is 17.6. The van der Waals surface area contributed by atoms with Gasteiger partial charge in [-0.15, -0.1) is 0 Å². The van der Waals surface area contributed by atoms with E-state index >= 15 is 0 Å². The third kappa shape index (κ3) is 4.68. The maximum atomic E-state index is 11.2. The molecule has 1 atom stereocenters. The molecule has 3 aromatic rings. The van der Waals surface area contributed by atoms with Crippen molar-refractivity contribution >= 4 is 16.8 Å². The number of fused-ring (bicyclic) bond motifs is 1. The van der Waals surface area contributed by atoms with Crippen LogP contribution < -0.4 is 5.56 Å². The average molecular weight is 333 g/mol. The quantitative estimate of drug-likeness (QED) is 0.639. The molecule has 3 heteroatoms. The fourth-order valence-electron chi connectivity index (χ4n) is 2.89.